The molecule has 0 radical (unpaired) electrons. The Morgan fingerprint density at radius 3 is 1.51 bits per heavy atom. The minimum Gasteiger partial charge on any atom is -0.493 e. The second-order valence-electron chi connectivity index (χ2n) is 8.93. The summed E-state index contributed by atoms with van der Waals surface area (Å²) in [5.41, 5.74) is 1.52. The lowest BCUT2D eigenvalue weighted by Gasteiger charge is -2.12. The third kappa shape index (κ3) is 15.6. The van der Waals surface area contributed by atoms with Crippen molar-refractivity contribution in [1.82, 2.24) is 0 Å². The maximum absolute atomic E-state index is 12.9. The summed E-state index contributed by atoms with van der Waals surface area (Å²) in [5, 5.41) is 0. The number of hydrogen-bond acceptors (Lipinski definition) is 12. The van der Waals surface area contributed by atoms with Crippen LogP contribution in [0.4, 0.5) is 0 Å². The van der Waals surface area contributed by atoms with Gasteiger partial charge in [-0.3, -0.25) is 4.79 Å². The van der Waals surface area contributed by atoms with Gasteiger partial charge < -0.3 is 52.1 Å². The van der Waals surface area contributed by atoms with E-state index in [0.717, 1.165) is 11.1 Å². The first-order chi connectivity index (χ1) is 22.0. The molecule has 0 bridgehead atoms. The van der Waals surface area contributed by atoms with E-state index < -0.39 is 0 Å². The molecule has 2 aromatic rings. The van der Waals surface area contributed by atoms with Gasteiger partial charge in [0.2, 0.25) is 0 Å². The van der Waals surface area contributed by atoms with Gasteiger partial charge in [-0.05, 0) is 47.5 Å². The zero-order chi connectivity index (χ0) is 32.5. The Kier molecular flexibility index (Phi) is 19.4. The van der Waals surface area contributed by atoms with Gasteiger partial charge in [-0.1, -0.05) is 24.3 Å². The summed E-state index contributed by atoms with van der Waals surface area (Å²) in [7, 11) is 7.87. The molecule has 0 fully saturated rings. The summed E-state index contributed by atoms with van der Waals surface area (Å²) < 4.78 is 58.8. The highest BCUT2D eigenvalue weighted by Gasteiger charge is 2.07. The van der Waals surface area contributed by atoms with E-state index in [4.69, 9.17) is 52.1 Å². The van der Waals surface area contributed by atoms with Crippen molar-refractivity contribution in [3.05, 3.63) is 71.5 Å². The van der Waals surface area contributed by atoms with E-state index in [9.17, 15) is 4.79 Å². The standard InChI is InChI=1S/C33H44O12/c1-35-14-17-40-23-43-29(11-7-27-9-13-31(33(21-27)39-5)45-25-42-19-16-37-3)22-28(34)10-6-26-8-12-30(32(20-26)38-4)44-24-41-18-15-36-2/h6-13,20-22H,14-19,23-25H2,1-5H3/b10-6+,11-7+,29-22-. The minimum absolute atomic E-state index is 0.0542. The molecule has 45 heavy (non-hydrogen) atoms. The largest absolute Gasteiger partial charge is 0.493 e. The fraction of sp³-hybridized carbons (Fsp3) is 0.424. The number of methoxy groups -OCH3 is 5. The molecule has 2 aromatic carbocycles. The van der Waals surface area contributed by atoms with E-state index in [0.29, 0.717) is 68.4 Å². The zero-order valence-electron chi connectivity index (χ0n) is 26.6. The fourth-order valence-corrected chi connectivity index (χ4v) is 3.42. The van der Waals surface area contributed by atoms with Crippen LogP contribution in [-0.2, 0) is 38.0 Å². The van der Waals surface area contributed by atoms with Crippen LogP contribution >= 0.6 is 0 Å². The van der Waals surface area contributed by atoms with Crippen molar-refractivity contribution in [1.29, 1.82) is 0 Å². The molecule has 0 atom stereocenters. The molecule has 0 saturated heterocycles. The number of carbonyl (C=O) groups excluding carboxylic acids is 1. The summed E-state index contributed by atoms with van der Waals surface area (Å²) in [6, 6.07) is 10.7. The predicted molar refractivity (Wildman–Crippen MR) is 168 cm³/mol. The third-order valence-corrected chi connectivity index (χ3v) is 5.74. The number of ketones is 1. The normalized spacial score (nSPS) is 11.7. The molecule has 0 aliphatic heterocycles. The number of rotatable bonds is 25. The molecular formula is C33H44O12. The van der Waals surface area contributed by atoms with Gasteiger partial charge in [-0.25, -0.2) is 0 Å². The van der Waals surface area contributed by atoms with Crippen molar-refractivity contribution in [2.45, 2.75) is 0 Å². The van der Waals surface area contributed by atoms with Gasteiger partial charge in [0.25, 0.3) is 0 Å². The maximum Gasteiger partial charge on any atom is 0.189 e. The van der Waals surface area contributed by atoms with Crippen molar-refractivity contribution >= 4 is 17.9 Å². The average molecular weight is 633 g/mol. The molecule has 248 valence electrons. The predicted octanol–water partition coefficient (Wildman–Crippen LogP) is 4.52. The van der Waals surface area contributed by atoms with Gasteiger partial charge in [0.05, 0.1) is 53.9 Å². The van der Waals surface area contributed by atoms with E-state index >= 15 is 0 Å². The van der Waals surface area contributed by atoms with Crippen molar-refractivity contribution in [3.8, 4) is 23.0 Å². The second-order valence-corrected chi connectivity index (χ2v) is 8.93. The van der Waals surface area contributed by atoms with Gasteiger partial charge >= 0.3 is 0 Å². The first kappa shape index (κ1) is 37.3. The molecule has 0 aliphatic carbocycles. The van der Waals surface area contributed by atoms with Crippen LogP contribution in [0.25, 0.3) is 12.2 Å². The van der Waals surface area contributed by atoms with E-state index in [1.165, 1.54) is 19.3 Å². The lowest BCUT2D eigenvalue weighted by atomic mass is 10.1. The Morgan fingerprint density at radius 1 is 0.578 bits per heavy atom. The monoisotopic (exact) mass is 632 g/mol. The van der Waals surface area contributed by atoms with Crippen LogP contribution in [0.1, 0.15) is 11.1 Å². The molecule has 12 heteroatoms. The van der Waals surface area contributed by atoms with E-state index in [-0.39, 0.29) is 26.2 Å². The van der Waals surface area contributed by atoms with Gasteiger partial charge in [-0.2, -0.15) is 0 Å². The first-order valence-corrected chi connectivity index (χ1v) is 14.1. The van der Waals surface area contributed by atoms with Crippen molar-refractivity contribution in [2.75, 3.05) is 95.6 Å². The van der Waals surface area contributed by atoms with Gasteiger partial charge in [0.15, 0.2) is 49.2 Å². The lowest BCUT2D eigenvalue weighted by Crippen LogP contribution is -2.08. The molecule has 0 amide bonds. The number of ether oxygens (including phenoxy) is 11. The van der Waals surface area contributed by atoms with Crippen LogP contribution in [-0.4, -0.2) is 101 Å². The van der Waals surface area contributed by atoms with Crippen LogP contribution in [0.2, 0.25) is 0 Å². The average Bonchev–Trinajstić information content (AvgIpc) is 3.06. The minimum atomic E-state index is -0.299. The fourth-order valence-electron chi connectivity index (χ4n) is 3.42. The highest BCUT2D eigenvalue weighted by molar-refractivity contribution is 6.02. The number of carbonyl (C=O) groups is 1. The summed E-state index contributed by atoms with van der Waals surface area (Å²) in [4.78, 5) is 12.9. The van der Waals surface area contributed by atoms with Gasteiger partial charge in [0, 0.05) is 27.4 Å². The number of allylic oxidation sites excluding steroid dienone is 3. The molecule has 0 heterocycles. The quantitative estimate of drug-likeness (QED) is 0.0504. The molecule has 12 nitrogen and oxygen atoms in total. The SMILES string of the molecule is COCCOCOC(=C\C(=O)/C=C/c1ccc(OCOCCOC)c(OC)c1)/C=C/c1ccc(OCOCCOC)c(OC)c1. The van der Waals surface area contributed by atoms with E-state index in [1.807, 2.05) is 6.07 Å². The molecule has 0 spiro atoms. The molecule has 0 aromatic heterocycles. The molecule has 0 N–H and O–H groups in total. The van der Waals surface area contributed by atoms with Crippen LogP contribution in [0.15, 0.2) is 60.4 Å². The van der Waals surface area contributed by atoms with Crippen LogP contribution in [0, 0.1) is 0 Å². The Labute approximate surface area is 264 Å². The van der Waals surface area contributed by atoms with Crippen molar-refractivity contribution in [3.63, 3.8) is 0 Å². The topological polar surface area (TPSA) is 119 Å². The molecule has 2 rings (SSSR count). The lowest BCUT2D eigenvalue weighted by molar-refractivity contribution is -0.110. The van der Waals surface area contributed by atoms with Crippen molar-refractivity contribution < 1.29 is 56.9 Å². The summed E-state index contributed by atoms with van der Waals surface area (Å²) in [5.74, 6) is 2.05. The maximum atomic E-state index is 12.9. The summed E-state index contributed by atoms with van der Waals surface area (Å²) in [6.45, 7) is 2.58. The Hall–Kier alpha value is -3.91. The van der Waals surface area contributed by atoms with Crippen LogP contribution < -0.4 is 18.9 Å². The Bertz CT molecular complexity index is 1210. The first-order valence-electron chi connectivity index (χ1n) is 14.1. The van der Waals surface area contributed by atoms with Crippen LogP contribution in [0.3, 0.4) is 0 Å². The second kappa shape index (κ2) is 23.5. The Balaban J connectivity index is 2.11. The molecule has 0 aliphatic rings. The zero-order valence-corrected chi connectivity index (χ0v) is 26.6. The number of benzene rings is 2. The Morgan fingerprint density at radius 2 is 1.04 bits per heavy atom. The van der Waals surface area contributed by atoms with Crippen molar-refractivity contribution in [2.24, 2.45) is 0 Å². The summed E-state index contributed by atoms with van der Waals surface area (Å²) >= 11 is 0. The van der Waals surface area contributed by atoms with Gasteiger partial charge in [0.1, 0.15) is 5.76 Å². The smallest absolute Gasteiger partial charge is 0.189 e. The third-order valence-electron chi connectivity index (χ3n) is 5.74. The molecular weight excluding hydrogens is 588 g/mol. The number of hydrogen-bond donors (Lipinski definition) is 0. The summed E-state index contributed by atoms with van der Waals surface area (Å²) in [6.07, 6.45) is 7.90. The highest BCUT2D eigenvalue weighted by Crippen LogP contribution is 2.30. The highest BCUT2D eigenvalue weighted by atomic mass is 16.7. The van der Waals surface area contributed by atoms with E-state index in [2.05, 4.69) is 0 Å². The van der Waals surface area contributed by atoms with Crippen LogP contribution in [0.5, 0.6) is 23.0 Å². The molecule has 0 saturated carbocycles. The molecule has 0 unspecified atom stereocenters. The van der Waals surface area contributed by atoms with Gasteiger partial charge in [-0.15, -0.1) is 0 Å². The van der Waals surface area contributed by atoms with E-state index in [1.54, 1.807) is 77.0 Å².